The molecule has 0 fully saturated rings. The van der Waals surface area contributed by atoms with E-state index in [0.29, 0.717) is 33.2 Å². The third-order valence-electron chi connectivity index (χ3n) is 4.24. The minimum Gasteiger partial charge on any atom is -0.497 e. The van der Waals surface area contributed by atoms with Gasteiger partial charge in [0.25, 0.3) is 11.8 Å². The maximum atomic E-state index is 13.4. The molecule has 0 bridgehead atoms. The number of hydrogen-bond donors (Lipinski definition) is 0. The first-order chi connectivity index (χ1) is 13.8. The van der Waals surface area contributed by atoms with Gasteiger partial charge in [0.1, 0.15) is 11.5 Å². The van der Waals surface area contributed by atoms with Gasteiger partial charge in [0.05, 0.1) is 29.4 Å². The summed E-state index contributed by atoms with van der Waals surface area (Å²) in [6.07, 6.45) is -0.0810. The van der Waals surface area contributed by atoms with Gasteiger partial charge in [-0.15, -0.1) is 11.8 Å². The van der Waals surface area contributed by atoms with Gasteiger partial charge in [-0.1, -0.05) is 38.1 Å². The maximum absolute atomic E-state index is 13.4. The lowest BCUT2D eigenvalue weighted by molar-refractivity contribution is -0.119. The van der Waals surface area contributed by atoms with Crippen LogP contribution in [0.1, 0.15) is 33.3 Å². The Labute approximate surface area is 175 Å². The number of carbonyl (C=O) groups excluding carboxylic acids is 2. The summed E-state index contributed by atoms with van der Waals surface area (Å²) in [6.45, 7) is 7.82. The molecule has 3 rings (SSSR count). The van der Waals surface area contributed by atoms with Crippen LogP contribution in [-0.4, -0.2) is 30.3 Å². The molecular formula is C23H25NO4S. The quantitative estimate of drug-likeness (QED) is 0.606. The van der Waals surface area contributed by atoms with Crippen LogP contribution in [0.25, 0.3) is 5.57 Å². The minimum atomic E-state index is -0.344. The number of nitrogens with zero attached hydrogens (tertiary/aromatic N) is 1. The van der Waals surface area contributed by atoms with Crippen LogP contribution in [0.2, 0.25) is 0 Å². The van der Waals surface area contributed by atoms with Crippen LogP contribution in [0.4, 0.5) is 5.69 Å². The summed E-state index contributed by atoms with van der Waals surface area (Å²) < 4.78 is 11.1. The average Bonchev–Trinajstić information content (AvgIpc) is 2.91. The fraction of sp³-hybridized carbons (Fsp3) is 0.304. The lowest BCUT2D eigenvalue weighted by Gasteiger charge is -2.20. The smallest absolute Gasteiger partial charge is 0.272 e. The highest BCUT2D eigenvalue weighted by Gasteiger charge is 2.41. The molecule has 2 amide bonds. The van der Waals surface area contributed by atoms with Gasteiger partial charge in [-0.2, -0.15) is 0 Å². The first-order valence-electron chi connectivity index (χ1n) is 9.53. The fourth-order valence-corrected chi connectivity index (χ4v) is 4.07. The van der Waals surface area contributed by atoms with E-state index in [0.717, 1.165) is 0 Å². The molecule has 1 aliphatic heterocycles. The molecule has 0 aliphatic carbocycles. The van der Waals surface area contributed by atoms with Gasteiger partial charge in [-0.25, -0.2) is 4.90 Å². The molecule has 0 aromatic heterocycles. The molecule has 0 radical (unpaired) electrons. The third-order valence-corrected chi connectivity index (χ3v) is 5.33. The van der Waals surface area contributed by atoms with Crippen LogP contribution in [0, 0.1) is 0 Å². The summed E-state index contributed by atoms with van der Waals surface area (Å²) in [5, 5.41) is 0.150. The zero-order chi connectivity index (χ0) is 21.1. The summed E-state index contributed by atoms with van der Waals surface area (Å²) in [6, 6.07) is 14.3. The summed E-state index contributed by atoms with van der Waals surface area (Å²) >= 11 is 1.40. The predicted octanol–water partition coefficient (Wildman–Crippen LogP) is 4.91. The van der Waals surface area contributed by atoms with E-state index in [1.807, 2.05) is 33.8 Å². The van der Waals surface area contributed by atoms with Crippen molar-refractivity contribution in [2.24, 2.45) is 0 Å². The Hall–Kier alpha value is -2.73. The van der Waals surface area contributed by atoms with E-state index in [1.165, 1.54) is 16.7 Å². The first kappa shape index (κ1) is 21.0. The Morgan fingerprint density at radius 1 is 0.897 bits per heavy atom. The molecule has 0 unspecified atom stereocenters. The number of hydrogen-bond acceptors (Lipinski definition) is 5. The van der Waals surface area contributed by atoms with Crippen LogP contribution < -0.4 is 14.4 Å². The van der Waals surface area contributed by atoms with Crippen molar-refractivity contribution in [3.8, 4) is 11.5 Å². The SMILES string of the molecule is COc1ccc(C2=C(SC(C)C)C(=O)N(c3ccccc3OC(C)C)C2=O)cc1. The number of amides is 2. The number of anilines is 1. The van der Waals surface area contributed by atoms with E-state index in [2.05, 4.69) is 0 Å². The molecule has 29 heavy (non-hydrogen) atoms. The number of para-hydroxylation sites is 2. The van der Waals surface area contributed by atoms with Gasteiger partial charge in [-0.3, -0.25) is 9.59 Å². The molecule has 2 aromatic carbocycles. The predicted molar refractivity (Wildman–Crippen MR) is 117 cm³/mol. The Kier molecular flexibility index (Phi) is 6.33. The third kappa shape index (κ3) is 4.32. The van der Waals surface area contributed by atoms with E-state index < -0.39 is 0 Å². The Morgan fingerprint density at radius 3 is 2.14 bits per heavy atom. The van der Waals surface area contributed by atoms with Gasteiger partial charge >= 0.3 is 0 Å². The molecule has 152 valence electrons. The number of ether oxygens (including phenoxy) is 2. The lowest BCUT2D eigenvalue weighted by atomic mass is 10.1. The second-order valence-corrected chi connectivity index (χ2v) is 8.77. The van der Waals surface area contributed by atoms with Crippen molar-refractivity contribution in [1.29, 1.82) is 0 Å². The number of thioether (sulfide) groups is 1. The van der Waals surface area contributed by atoms with Crippen LogP contribution in [0.15, 0.2) is 53.4 Å². The molecule has 6 heteroatoms. The van der Waals surface area contributed by atoms with E-state index in [1.54, 1.807) is 49.6 Å². The fourth-order valence-electron chi connectivity index (χ4n) is 3.08. The van der Waals surface area contributed by atoms with Gasteiger partial charge < -0.3 is 9.47 Å². The van der Waals surface area contributed by atoms with Crippen molar-refractivity contribution in [2.75, 3.05) is 12.0 Å². The Bertz CT molecular complexity index is 948. The van der Waals surface area contributed by atoms with Crippen LogP contribution in [-0.2, 0) is 9.59 Å². The monoisotopic (exact) mass is 411 g/mol. The number of rotatable bonds is 7. The maximum Gasteiger partial charge on any atom is 0.272 e. The number of carbonyl (C=O) groups is 2. The Morgan fingerprint density at radius 2 is 1.55 bits per heavy atom. The number of methoxy groups -OCH3 is 1. The van der Waals surface area contributed by atoms with Crippen LogP contribution in [0.5, 0.6) is 11.5 Å². The van der Waals surface area contributed by atoms with E-state index >= 15 is 0 Å². The van der Waals surface area contributed by atoms with Gasteiger partial charge in [0, 0.05) is 5.25 Å². The topological polar surface area (TPSA) is 55.8 Å². The van der Waals surface area contributed by atoms with E-state index in [-0.39, 0.29) is 23.2 Å². The first-order valence-corrected chi connectivity index (χ1v) is 10.4. The molecule has 0 N–H and O–H groups in total. The van der Waals surface area contributed by atoms with E-state index in [4.69, 9.17) is 9.47 Å². The number of benzene rings is 2. The zero-order valence-electron chi connectivity index (χ0n) is 17.3. The highest BCUT2D eigenvalue weighted by molar-refractivity contribution is 8.04. The molecular weight excluding hydrogens is 386 g/mol. The second-order valence-electron chi connectivity index (χ2n) is 7.18. The molecule has 0 saturated heterocycles. The van der Waals surface area contributed by atoms with E-state index in [9.17, 15) is 9.59 Å². The summed E-state index contributed by atoms with van der Waals surface area (Å²) in [7, 11) is 1.59. The van der Waals surface area contributed by atoms with Crippen molar-refractivity contribution in [3.63, 3.8) is 0 Å². The molecule has 0 atom stereocenters. The average molecular weight is 412 g/mol. The molecule has 2 aromatic rings. The normalized spacial score (nSPS) is 14.4. The summed E-state index contributed by atoms with van der Waals surface area (Å²) in [5.74, 6) is 0.535. The molecule has 1 heterocycles. The van der Waals surface area contributed by atoms with Crippen molar-refractivity contribution in [1.82, 2.24) is 0 Å². The zero-order valence-corrected chi connectivity index (χ0v) is 18.1. The standard InChI is InChI=1S/C23H25NO4S/c1-14(2)28-19-9-7-6-8-18(19)24-22(25)20(21(23(24)26)29-15(3)4)16-10-12-17(27-5)13-11-16/h6-15H,1-5H3. The molecule has 0 spiro atoms. The van der Waals surface area contributed by atoms with Gasteiger partial charge in [0.2, 0.25) is 0 Å². The van der Waals surface area contributed by atoms with Crippen LogP contribution >= 0.6 is 11.8 Å². The highest BCUT2D eigenvalue weighted by atomic mass is 32.2. The largest absolute Gasteiger partial charge is 0.497 e. The highest BCUT2D eigenvalue weighted by Crippen LogP contribution is 2.42. The van der Waals surface area contributed by atoms with Crippen molar-refractivity contribution in [2.45, 2.75) is 39.0 Å². The van der Waals surface area contributed by atoms with Crippen molar-refractivity contribution in [3.05, 3.63) is 59.0 Å². The second kappa shape index (κ2) is 8.74. The van der Waals surface area contributed by atoms with Crippen LogP contribution in [0.3, 0.4) is 0 Å². The summed E-state index contributed by atoms with van der Waals surface area (Å²) in [4.78, 5) is 28.5. The van der Waals surface area contributed by atoms with Gasteiger partial charge in [0.15, 0.2) is 0 Å². The molecule has 0 saturated carbocycles. The molecule has 5 nitrogen and oxygen atoms in total. The van der Waals surface area contributed by atoms with Crippen molar-refractivity contribution < 1.29 is 19.1 Å². The molecule has 1 aliphatic rings. The summed E-state index contributed by atoms with van der Waals surface area (Å²) in [5.41, 5.74) is 1.56. The van der Waals surface area contributed by atoms with Crippen molar-refractivity contribution >= 4 is 34.8 Å². The Balaban J connectivity index is 2.09. The number of imide groups is 1. The lowest BCUT2D eigenvalue weighted by Crippen LogP contribution is -2.32. The van der Waals surface area contributed by atoms with Gasteiger partial charge in [-0.05, 0) is 43.7 Å². The minimum absolute atomic E-state index is 0.0810.